The molecule has 0 atom stereocenters. The van der Waals surface area contributed by atoms with E-state index in [4.69, 9.17) is 9.47 Å². The molecule has 0 fully saturated rings. The molecule has 0 saturated carbocycles. The van der Waals surface area contributed by atoms with Crippen LogP contribution in [0.2, 0.25) is 0 Å². The number of carbonyl (C=O) groups excluding carboxylic acids is 1. The van der Waals surface area contributed by atoms with Crippen LogP contribution in [0.1, 0.15) is 12.5 Å². The van der Waals surface area contributed by atoms with Gasteiger partial charge in [0.15, 0.2) is 16.5 Å². The highest BCUT2D eigenvalue weighted by atomic mass is 32.1. The first-order valence-corrected chi connectivity index (χ1v) is 8.66. The number of ether oxygens (including phenoxy) is 2. The lowest BCUT2D eigenvalue weighted by Gasteiger charge is -2.08. The summed E-state index contributed by atoms with van der Waals surface area (Å²) in [5, 5.41) is 0. The first-order valence-electron chi connectivity index (χ1n) is 7.85. The van der Waals surface area contributed by atoms with Gasteiger partial charge in [0.1, 0.15) is 0 Å². The van der Waals surface area contributed by atoms with E-state index in [2.05, 4.69) is 4.98 Å². The summed E-state index contributed by atoms with van der Waals surface area (Å²) in [6.45, 7) is 1.32. The summed E-state index contributed by atoms with van der Waals surface area (Å²) >= 11 is 1.32. The minimum absolute atomic E-state index is 0.122. The second-order valence-electron chi connectivity index (χ2n) is 5.64. The largest absolute Gasteiger partial charge is 0.493 e. The van der Waals surface area contributed by atoms with Gasteiger partial charge >= 0.3 is 5.97 Å². The highest BCUT2D eigenvalue weighted by Crippen LogP contribution is 2.28. The Morgan fingerprint density at radius 2 is 2.00 bits per heavy atom. The molecule has 0 aliphatic heterocycles. The molecule has 0 spiro atoms. The molecule has 2 aromatic carbocycles. The summed E-state index contributed by atoms with van der Waals surface area (Å²) in [5.41, 5.74) is 2.19. The molecule has 0 saturated heterocycles. The zero-order chi connectivity index (χ0) is 18.3. The van der Waals surface area contributed by atoms with Gasteiger partial charge in [0.25, 0.3) is 5.56 Å². The van der Waals surface area contributed by atoms with E-state index in [0.717, 1.165) is 16.6 Å². The van der Waals surface area contributed by atoms with Gasteiger partial charge in [0, 0.05) is 6.92 Å². The number of benzene rings is 2. The van der Waals surface area contributed by atoms with Gasteiger partial charge in [-0.25, -0.2) is 9.38 Å². The molecule has 2 aromatic heterocycles. The number of nitrogens with zero attached hydrogens (tertiary/aromatic N) is 2. The van der Waals surface area contributed by atoms with Gasteiger partial charge in [-0.2, -0.15) is 0 Å². The fourth-order valence-corrected chi connectivity index (χ4v) is 3.77. The molecule has 4 aromatic rings. The molecule has 0 aliphatic rings. The van der Waals surface area contributed by atoms with Crippen LogP contribution in [0.15, 0.2) is 47.3 Å². The summed E-state index contributed by atoms with van der Waals surface area (Å²) in [6, 6.07) is 12.7. The van der Waals surface area contributed by atoms with Gasteiger partial charge in [0.2, 0.25) is 0 Å². The predicted molar refractivity (Wildman–Crippen MR) is 99.9 cm³/mol. The number of carbonyl (C=O) groups is 1. The van der Waals surface area contributed by atoms with Crippen LogP contribution < -0.4 is 19.6 Å². The van der Waals surface area contributed by atoms with Crippen molar-refractivity contribution in [1.82, 2.24) is 9.38 Å². The third-order valence-corrected chi connectivity index (χ3v) is 4.85. The van der Waals surface area contributed by atoms with E-state index in [9.17, 15) is 9.59 Å². The molecule has 0 amide bonds. The lowest BCUT2D eigenvalue weighted by atomic mass is 10.2. The van der Waals surface area contributed by atoms with Crippen molar-refractivity contribution in [2.24, 2.45) is 0 Å². The van der Waals surface area contributed by atoms with Crippen molar-refractivity contribution in [1.29, 1.82) is 0 Å². The number of aromatic nitrogens is 2. The summed E-state index contributed by atoms with van der Waals surface area (Å²) in [5.74, 6) is 0.325. The highest BCUT2D eigenvalue weighted by Gasteiger charge is 2.11. The smallest absolute Gasteiger partial charge is 0.308 e. The Morgan fingerprint density at radius 1 is 1.19 bits per heavy atom. The van der Waals surface area contributed by atoms with Crippen molar-refractivity contribution in [2.75, 3.05) is 7.11 Å². The maximum atomic E-state index is 12.8. The Hall–Kier alpha value is -3.19. The van der Waals surface area contributed by atoms with E-state index in [1.165, 1.54) is 25.4 Å². The summed E-state index contributed by atoms with van der Waals surface area (Å²) in [7, 11) is 1.50. The van der Waals surface area contributed by atoms with Crippen molar-refractivity contribution in [2.45, 2.75) is 6.92 Å². The van der Waals surface area contributed by atoms with Crippen molar-refractivity contribution in [3.8, 4) is 11.5 Å². The summed E-state index contributed by atoms with van der Waals surface area (Å²) in [6.07, 6.45) is 1.75. The number of rotatable bonds is 3. The molecule has 0 N–H and O–H groups in total. The number of imidazole rings is 1. The number of methoxy groups -OCH3 is 1. The van der Waals surface area contributed by atoms with Crippen LogP contribution >= 0.6 is 11.3 Å². The van der Waals surface area contributed by atoms with E-state index in [1.54, 1.807) is 28.7 Å². The van der Waals surface area contributed by atoms with Crippen molar-refractivity contribution in [3.05, 3.63) is 62.9 Å². The fourth-order valence-electron chi connectivity index (χ4n) is 2.78. The quantitative estimate of drug-likeness (QED) is 0.411. The van der Waals surface area contributed by atoms with Crippen LogP contribution in [0.5, 0.6) is 11.5 Å². The first-order chi connectivity index (χ1) is 12.6. The molecule has 26 heavy (non-hydrogen) atoms. The summed E-state index contributed by atoms with van der Waals surface area (Å²) in [4.78, 5) is 29.2. The Morgan fingerprint density at radius 3 is 2.77 bits per heavy atom. The fraction of sp³-hybridized carbons (Fsp3) is 0.105. The Balaban J connectivity index is 1.87. The van der Waals surface area contributed by atoms with Crippen LogP contribution in [0.25, 0.3) is 22.1 Å². The third kappa shape index (κ3) is 2.72. The van der Waals surface area contributed by atoms with Crippen LogP contribution in [-0.2, 0) is 4.79 Å². The molecule has 130 valence electrons. The van der Waals surface area contributed by atoms with Gasteiger partial charge in [-0.15, -0.1) is 0 Å². The average Bonchev–Trinajstić information content (AvgIpc) is 3.11. The SMILES string of the molecule is COc1ccc(C=c2sc3nc4ccccc4n3c2=O)cc1OC(C)=O. The summed E-state index contributed by atoms with van der Waals surface area (Å²) < 4.78 is 12.5. The van der Waals surface area contributed by atoms with Crippen molar-refractivity contribution in [3.63, 3.8) is 0 Å². The van der Waals surface area contributed by atoms with E-state index in [1.807, 2.05) is 24.3 Å². The minimum Gasteiger partial charge on any atom is -0.493 e. The van der Waals surface area contributed by atoms with Crippen LogP contribution in [0.4, 0.5) is 0 Å². The molecule has 0 radical (unpaired) electrons. The highest BCUT2D eigenvalue weighted by molar-refractivity contribution is 7.15. The molecule has 0 bridgehead atoms. The number of fused-ring (bicyclic) bond motifs is 3. The molecular weight excluding hydrogens is 352 g/mol. The lowest BCUT2D eigenvalue weighted by Crippen LogP contribution is -2.22. The molecule has 7 heteroatoms. The topological polar surface area (TPSA) is 69.9 Å². The molecule has 6 nitrogen and oxygen atoms in total. The molecule has 0 aliphatic carbocycles. The maximum Gasteiger partial charge on any atom is 0.308 e. The van der Waals surface area contributed by atoms with Crippen LogP contribution in [0, 0.1) is 0 Å². The van der Waals surface area contributed by atoms with Gasteiger partial charge in [-0.3, -0.25) is 9.59 Å². The van der Waals surface area contributed by atoms with Gasteiger partial charge in [-0.1, -0.05) is 29.5 Å². The minimum atomic E-state index is -0.439. The van der Waals surface area contributed by atoms with Crippen molar-refractivity contribution >= 4 is 39.4 Å². The number of hydrogen-bond donors (Lipinski definition) is 0. The zero-order valence-corrected chi connectivity index (χ0v) is 14.9. The second kappa shape index (κ2) is 6.27. The van der Waals surface area contributed by atoms with E-state index < -0.39 is 5.97 Å². The number of thiazole rings is 1. The molecule has 0 unspecified atom stereocenters. The van der Waals surface area contributed by atoms with E-state index in [0.29, 0.717) is 21.0 Å². The van der Waals surface area contributed by atoms with Gasteiger partial charge in [0.05, 0.1) is 22.7 Å². The zero-order valence-electron chi connectivity index (χ0n) is 14.1. The van der Waals surface area contributed by atoms with Crippen molar-refractivity contribution < 1.29 is 14.3 Å². The Labute approximate surface area is 151 Å². The average molecular weight is 366 g/mol. The van der Waals surface area contributed by atoms with E-state index in [-0.39, 0.29) is 5.56 Å². The second-order valence-corrected chi connectivity index (χ2v) is 6.65. The van der Waals surface area contributed by atoms with Gasteiger partial charge in [-0.05, 0) is 35.9 Å². The predicted octanol–water partition coefficient (Wildman–Crippen LogP) is 2.39. The first kappa shape index (κ1) is 16.3. The van der Waals surface area contributed by atoms with Crippen LogP contribution in [0.3, 0.4) is 0 Å². The maximum absolute atomic E-state index is 12.8. The molecular formula is C19H14N2O4S. The van der Waals surface area contributed by atoms with Crippen LogP contribution in [-0.4, -0.2) is 22.5 Å². The number of para-hydroxylation sites is 2. The Kier molecular flexibility index (Phi) is 3.93. The number of esters is 1. The van der Waals surface area contributed by atoms with Gasteiger partial charge < -0.3 is 9.47 Å². The standard InChI is InChI=1S/C19H14N2O4S/c1-11(22)25-16-9-12(7-8-15(16)24-2)10-17-18(23)21-14-6-4-3-5-13(14)20-19(21)26-17/h3-10H,1-2H3. The normalized spacial score (nSPS) is 12.0. The monoisotopic (exact) mass is 366 g/mol. The molecule has 2 heterocycles. The third-order valence-electron chi connectivity index (χ3n) is 3.88. The lowest BCUT2D eigenvalue weighted by molar-refractivity contribution is -0.132. The molecule has 4 rings (SSSR count). The van der Waals surface area contributed by atoms with E-state index >= 15 is 0 Å². The Bertz CT molecular complexity index is 1260. The number of hydrogen-bond acceptors (Lipinski definition) is 6.